The van der Waals surface area contributed by atoms with E-state index >= 15 is 0 Å². The van der Waals surface area contributed by atoms with E-state index < -0.39 is 18.0 Å². The molecule has 0 unspecified atom stereocenters. The average molecular weight is 256 g/mol. The lowest BCUT2D eigenvalue weighted by Crippen LogP contribution is -2.43. The van der Waals surface area contributed by atoms with E-state index in [0.717, 1.165) is 12.8 Å². The van der Waals surface area contributed by atoms with Gasteiger partial charge in [0.2, 0.25) is 0 Å². The number of aliphatic carboxylic acids is 1. The van der Waals surface area contributed by atoms with Gasteiger partial charge in [0.25, 0.3) is 5.95 Å². The Balaban J connectivity index is 2.48. The Morgan fingerprint density at radius 3 is 2.72 bits per heavy atom. The molecular formula is C9H16N6O3. The van der Waals surface area contributed by atoms with Crippen LogP contribution in [0.3, 0.4) is 0 Å². The van der Waals surface area contributed by atoms with Crippen LogP contribution in [-0.2, 0) is 11.8 Å². The second-order valence-corrected chi connectivity index (χ2v) is 3.73. The molecule has 9 heteroatoms. The molecule has 0 bridgehead atoms. The van der Waals surface area contributed by atoms with E-state index in [0.29, 0.717) is 6.42 Å². The number of aryl methyl sites for hydroxylation is 1. The molecule has 0 spiro atoms. The van der Waals surface area contributed by atoms with Crippen molar-refractivity contribution in [2.45, 2.75) is 32.2 Å². The summed E-state index contributed by atoms with van der Waals surface area (Å²) in [5.41, 5.74) is 0. The van der Waals surface area contributed by atoms with Crippen LogP contribution in [0.4, 0.5) is 10.7 Å². The molecule has 1 aromatic heterocycles. The quantitative estimate of drug-likeness (QED) is 0.657. The number of hydrogen-bond acceptors (Lipinski definition) is 5. The highest BCUT2D eigenvalue weighted by atomic mass is 16.4. The van der Waals surface area contributed by atoms with Gasteiger partial charge in [0.15, 0.2) is 0 Å². The van der Waals surface area contributed by atoms with Crippen LogP contribution in [0.5, 0.6) is 0 Å². The van der Waals surface area contributed by atoms with Gasteiger partial charge >= 0.3 is 12.0 Å². The number of urea groups is 1. The summed E-state index contributed by atoms with van der Waals surface area (Å²) in [7, 11) is 1.55. The second-order valence-electron chi connectivity index (χ2n) is 3.73. The molecule has 3 N–H and O–H groups in total. The summed E-state index contributed by atoms with van der Waals surface area (Å²) in [4.78, 5) is 23.6. The van der Waals surface area contributed by atoms with E-state index in [4.69, 9.17) is 5.11 Å². The molecule has 1 rings (SSSR count). The number of aromatic nitrogens is 4. The molecule has 0 aromatic carbocycles. The van der Waals surface area contributed by atoms with Gasteiger partial charge in [-0.3, -0.25) is 5.32 Å². The number of carbonyl (C=O) groups is 2. The number of rotatable bonds is 6. The van der Waals surface area contributed by atoms with Crippen molar-refractivity contribution in [1.29, 1.82) is 0 Å². The lowest BCUT2D eigenvalue weighted by atomic mass is 10.1. The fourth-order valence-electron chi connectivity index (χ4n) is 1.30. The lowest BCUT2D eigenvalue weighted by Gasteiger charge is -2.13. The van der Waals surface area contributed by atoms with Crippen LogP contribution in [0.2, 0.25) is 0 Å². The summed E-state index contributed by atoms with van der Waals surface area (Å²) < 4.78 is 0. The van der Waals surface area contributed by atoms with Gasteiger partial charge in [0.05, 0.1) is 7.05 Å². The smallest absolute Gasteiger partial charge is 0.326 e. The molecule has 100 valence electrons. The topological polar surface area (TPSA) is 122 Å². The number of amides is 2. The molecule has 1 aromatic rings. The molecule has 0 radical (unpaired) electrons. The fourth-order valence-corrected chi connectivity index (χ4v) is 1.30. The Labute approximate surface area is 104 Å². The molecule has 0 fully saturated rings. The summed E-state index contributed by atoms with van der Waals surface area (Å²) >= 11 is 0. The number of hydrogen-bond donors (Lipinski definition) is 3. The second kappa shape index (κ2) is 6.52. The number of carboxylic acid groups (broad SMARTS) is 1. The Morgan fingerprint density at radius 1 is 1.50 bits per heavy atom. The van der Waals surface area contributed by atoms with Crippen LogP contribution in [0, 0.1) is 0 Å². The SMILES string of the molecule is CCCC[C@H](NC(=O)Nc1nnn(C)n1)C(=O)O. The Kier molecular flexibility index (Phi) is 5.03. The minimum atomic E-state index is -1.06. The molecule has 0 aliphatic rings. The van der Waals surface area contributed by atoms with E-state index in [9.17, 15) is 9.59 Å². The first-order chi connectivity index (χ1) is 8.52. The molecule has 1 heterocycles. The molecule has 1 atom stereocenters. The van der Waals surface area contributed by atoms with Crippen LogP contribution in [0.1, 0.15) is 26.2 Å². The first-order valence-corrected chi connectivity index (χ1v) is 5.57. The van der Waals surface area contributed by atoms with Crippen molar-refractivity contribution in [2.24, 2.45) is 7.05 Å². The lowest BCUT2D eigenvalue weighted by molar-refractivity contribution is -0.139. The predicted molar refractivity (Wildman–Crippen MR) is 61.9 cm³/mol. The summed E-state index contributed by atoms with van der Waals surface area (Å²) in [5.74, 6) is -1.04. The van der Waals surface area contributed by atoms with Crippen molar-refractivity contribution in [1.82, 2.24) is 25.5 Å². The van der Waals surface area contributed by atoms with Crippen LogP contribution in [0.25, 0.3) is 0 Å². The van der Waals surface area contributed by atoms with Gasteiger partial charge in [0.1, 0.15) is 6.04 Å². The molecule has 9 nitrogen and oxygen atoms in total. The first kappa shape index (κ1) is 13.9. The Bertz CT molecular complexity index is 418. The minimum absolute atomic E-state index is 0.0228. The van der Waals surface area contributed by atoms with Crippen molar-refractivity contribution in [3.05, 3.63) is 0 Å². The average Bonchev–Trinajstić information content (AvgIpc) is 2.69. The number of anilines is 1. The zero-order valence-electron chi connectivity index (χ0n) is 10.3. The third-order valence-electron chi connectivity index (χ3n) is 2.18. The van der Waals surface area contributed by atoms with Crippen LogP contribution < -0.4 is 10.6 Å². The van der Waals surface area contributed by atoms with Crippen molar-refractivity contribution in [3.63, 3.8) is 0 Å². The van der Waals surface area contributed by atoms with Gasteiger partial charge in [-0.25, -0.2) is 9.59 Å². The first-order valence-electron chi connectivity index (χ1n) is 5.57. The van der Waals surface area contributed by atoms with Gasteiger partial charge in [-0.2, -0.15) is 4.80 Å². The third-order valence-corrected chi connectivity index (χ3v) is 2.18. The maximum atomic E-state index is 11.5. The van der Waals surface area contributed by atoms with E-state index in [1.54, 1.807) is 7.05 Å². The minimum Gasteiger partial charge on any atom is -0.480 e. The molecule has 2 amide bonds. The molecular weight excluding hydrogens is 240 g/mol. The van der Waals surface area contributed by atoms with Crippen LogP contribution in [-0.4, -0.2) is 43.4 Å². The highest BCUT2D eigenvalue weighted by molar-refractivity contribution is 5.90. The van der Waals surface area contributed by atoms with Gasteiger partial charge in [-0.05, 0) is 11.6 Å². The zero-order valence-corrected chi connectivity index (χ0v) is 10.3. The highest BCUT2D eigenvalue weighted by Crippen LogP contribution is 2.01. The third kappa shape index (κ3) is 4.36. The molecule has 0 aliphatic heterocycles. The van der Waals surface area contributed by atoms with Crippen molar-refractivity contribution < 1.29 is 14.7 Å². The molecule has 0 aliphatic carbocycles. The monoisotopic (exact) mass is 256 g/mol. The predicted octanol–water partition coefficient (Wildman–Crippen LogP) is -0.0250. The van der Waals surface area contributed by atoms with E-state index in [1.165, 1.54) is 4.80 Å². The largest absolute Gasteiger partial charge is 0.480 e. The summed E-state index contributed by atoms with van der Waals surface area (Å²) in [6, 6.07) is -1.58. The molecule has 0 saturated carbocycles. The number of nitrogens with one attached hydrogen (secondary N) is 2. The molecule has 18 heavy (non-hydrogen) atoms. The number of unbranched alkanes of at least 4 members (excludes halogenated alkanes) is 1. The highest BCUT2D eigenvalue weighted by Gasteiger charge is 2.19. The number of nitrogens with zero attached hydrogens (tertiary/aromatic N) is 4. The van der Waals surface area contributed by atoms with Gasteiger partial charge in [-0.1, -0.05) is 24.9 Å². The van der Waals surface area contributed by atoms with E-state index in [1.807, 2.05) is 6.92 Å². The fraction of sp³-hybridized carbons (Fsp3) is 0.667. The number of carboxylic acids is 1. The van der Waals surface area contributed by atoms with Crippen molar-refractivity contribution >= 4 is 17.9 Å². The Hall–Kier alpha value is -2.19. The van der Waals surface area contributed by atoms with E-state index in [-0.39, 0.29) is 5.95 Å². The van der Waals surface area contributed by atoms with Crippen LogP contribution >= 0.6 is 0 Å². The summed E-state index contributed by atoms with van der Waals surface area (Å²) in [6.45, 7) is 1.95. The van der Waals surface area contributed by atoms with Gasteiger partial charge in [0, 0.05) is 0 Å². The van der Waals surface area contributed by atoms with Crippen LogP contribution in [0.15, 0.2) is 0 Å². The van der Waals surface area contributed by atoms with E-state index in [2.05, 4.69) is 26.0 Å². The number of carbonyl (C=O) groups excluding carboxylic acids is 1. The standard InChI is InChI=1S/C9H16N6O3/c1-3-4-5-6(7(16)17)10-9(18)11-8-12-14-15(2)13-8/h6H,3-5H2,1-2H3,(H,16,17)(H2,10,11,13,18)/t6-/m0/s1. The van der Waals surface area contributed by atoms with Crippen molar-refractivity contribution in [2.75, 3.05) is 5.32 Å². The van der Waals surface area contributed by atoms with Gasteiger partial charge in [-0.15, -0.1) is 5.10 Å². The van der Waals surface area contributed by atoms with Crippen molar-refractivity contribution in [3.8, 4) is 0 Å². The number of tetrazole rings is 1. The molecule has 0 saturated heterocycles. The summed E-state index contributed by atoms with van der Waals surface area (Å²) in [6.07, 6.45) is 1.96. The van der Waals surface area contributed by atoms with Gasteiger partial charge < -0.3 is 10.4 Å². The maximum Gasteiger partial charge on any atom is 0.326 e. The maximum absolute atomic E-state index is 11.5. The Morgan fingerprint density at radius 2 is 2.22 bits per heavy atom. The normalized spacial score (nSPS) is 11.9. The summed E-state index contributed by atoms with van der Waals surface area (Å²) in [5, 5.41) is 24.4. The zero-order chi connectivity index (χ0) is 13.5.